The van der Waals surface area contributed by atoms with Crippen molar-refractivity contribution in [1.82, 2.24) is 9.88 Å². The molecule has 0 spiro atoms. The Bertz CT molecular complexity index is 1160. The zero-order valence-corrected chi connectivity index (χ0v) is 21.5. The number of fused-ring (bicyclic) bond motifs is 1. The number of benzene rings is 2. The third kappa shape index (κ3) is 6.65. The molecular weight excluding hydrogens is 489 g/mol. The van der Waals surface area contributed by atoms with Gasteiger partial charge in [0.25, 0.3) is 0 Å². The highest BCUT2D eigenvalue weighted by Crippen LogP contribution is 2.31. The number of hydrogen-bond acceptors (Lipinski definition) is 6. The van der Waals surface area contributed by atoms with Crippen molar-refractivity contribution in [3.05, 3.63) is 53.1 Å². The highest BCUT2D eigenvalue weighted by atomic mass is 35.5. The highest BCUT2D eigenvalue weighted by molar-refractivity contribution is 7.91. The van der Waals surface area contributed by atoms with Gasteiger partial charge in [0.2, 0.25) is 5.91 Å². The summed E-state index contributed by atoms with van der Waals surface area (Å²) in [6, 6.07) is 11.9. The third-order valence-electron chi connectivity index (χ3n) is 4.89. The number of aryl methyl sites for hydroxylation is 1. The Labute approximate surface area is 204 Å². The molecule has 3 aromatic rings. The SMILES string of the molecule is Cc1cccc2sc(N(CCCN(C)C)C(=O)CCS(=O)(=O)c3ccc(Cl)cc3)nc12.Cl. The molecule has 0 N–H and O–H groups in total. The van der Waals surface area contributed by atoms with E-state index in [1.54, 1.807) is 4.90 Å². The molecule has 0 radical (unpaired) electrons. The lowest BCUT2D eigenvalue weighted by molar-refractivity contribution is -0.118. The summed E-state index contributed by atoms with van der Waals surface area (Å²) in [6.45, 7) is 3.29. The molecule has 2 aromatic carbocycles. The minimum atomic E-state index is -3.58. The average Bonchev–Trinajstić information content (AvgIpc) is 3.15. The van der Waals surface area contributed by atoms with Crippen LogP contribution in [0.1, 0.15) is 18.4 Å². The van der Waals surface area contributed by atoms with E-state index in [0.717, 1.165) is 28.7 Å². The molecule has 6 nitrogen and oxygen atoms in total. The van der Waals surface area contributed by atoms with E-state index in [-0.39, 0.29) is 35.4 Å². The van der Waals surface area contributed by atoms with Crippen LogP contribution in [-0.2, 0) is 14.6 Å². The Morgan fingerprint density at radius 2 is 1.78 bits per heavy atom. The van der Waals surface area contributed by atoms with E-state index in [1.807, 2.05) is 39.2 Å². The second-order valence-electron chi connectivity index (χ2n) is 7.64. The molecule has 0 atom stereocenters. The molecule has 0 fully saturated rings. The van der Waals surface area contributed by atoms with E-state index in [9.17, 15) is 13.2 Å². The summed E-state index contributed by atoms with van der Waals surface area (Å²) in [4.78, 5) is 21.6. The zero-order valence-electron chi connectivity index (χ0n) is 18.2. The van der Waals surface area contributed by atoms with Crippen LogP contribution in [0.3, 0.4) is 0 Å². The summed E-state index contributed by atoms with van der Waals surface area (Å²) >= 11 is 7.30. The predicted octanol–water partition coefficient (Wildman–Crippen LogP) is 4.83. The van der Waals surface area contributed by atoms with Crippen LogP contribution >= 0.6 is 35.3 Å². The molecular formula is C22H27Cl2N3O3S2. The summed E-state index contributed by atoms with van der Waals surface area (Å²) in [5.41, 5.74) is 1.92. The number of carbonyl (C=O) groups is 1. The van der Waals surface area contributed by atoms with Crippen LogP contribution in [0.5, 0.6) is 0 Å². The van der Waals surface area contributed by atoms with E-state index in [1.165, 1.54) is 35.6 Å². The van der Waals surface area contributed by atoms with Gasteiger partial charge in [0, 0.05) is 18.0 Å². The van der Waals surface area contributed by atoms with Gasteiger partial charge in [0.1, 0.15) is 0 Å². The molecule has 0 unspecified atom stereocenters. The minimum Gasteiger partial charge on any atom is -0.309 e. The normalized spacial score (nSPS) is 11.5. The molecule has 1 heterocycles. The van der Waals surface area contributed by atoms with Crippen LogP contribution in [0.25, 0.3) is 10.2 Å². The van der Waals surface area contributed by atoms with Gasteiger partial charge in [0.05, 0.1) is 20.9 Å². The minimum absolute atomic E-state index is 0. The van der Waals surface area contributed by atoms with Crippen molar-refractivity contribution in [2.45, 2.75) is 24.7 Å². The third-order valence-corrected chi connectivity index (χ3v) is 7.91. The van der Waals surface area contributed by atoms with Gasteiger partial charge in [0.15, 0.2) is 15.0 Å². The molecule has 3 rings (SSSR count). The number of amides is 1. The van der Waals surface area contributed by atoms with Gasteiger partial charge in [-0.15, -0.1) is 12.4 Å². The number of anilines is 1. The quantitative estimate of drug-likeness (QED) is 0.408. The topological polar surface area (TPSA) is 70.6 Å². The number of sulfone groups is 1. The first-order valence-electron chi connectivity index (χ1n) is 9.97. The Balaban J connectivity index is 0.00000363. The van der Waals surface area contributed by atoms with Gasteiger partial charge < -0.3 is 4.90 Å². The monoisotopic (exact) mass is 515 g/mol. The summed E-state index contributed by atoms with van der Waals surface area (Å²) in [6.07, 6.45) is 0.652. The fourth-order valence-corrected chi connectivity index (χ4v) is 5.62. The lowest BCUT2D eigenvalue weighted by Gasteiger charge is -2.21. The van der Waals surface area contributed by atoms with Crippen molar-refractivity contribution in [2.24, 2.45) is 0 Å². The van der Waals surface area contributed by atoms with Gasteiger partial charge in [-0.2, -0.15) is 0 Å². The predicted molar refractivity (Wildman–Crippen MR) is 135 cm³/mol. The van der Waals surface area contributed by atoms with Gasteiger partial charge in [-0.3, -0.25) is 9.69 Å². The molecule has 0 saturated heterocycles. The summed E-state index contributed by atoms with van der Waals surface area (Å²) in [5.74, 6) is -0.505. The fourth-order valence-electron chi connectivity index (χ4n) is 3.18. The number of nitrogens with zero attached hydrogens (tertiary/aromatic N) is 3. The standard InChI is InChI=1S/C22H26ClN3O3S2.ClH/c1-16-6-4-7-19-21(16)24-22(30-19)26(14-5-13-25(2)3)20(27)12-15-31(28,29)18-10-8-17(23)9-11-18;/h4,6-11H,5,12-15H2,1-3H3;1H. The highest BCUT2D eigenvalue weighted by Gasteiger charge is 2.23. The molecule has 0 bridgehead atoms. The van der Waals surface area contributed by atoms with Crippen LogP contribution < -0.4 is 4.90 Å². The van der Waals surface area contributed by atoms with Crippen LogP contribution in [0.15, 0.2) is 47.4 Å². The molecule has 0 aliphatic heterocycles. The molecule has 32 heavy (non-hydrogen) atoms. The smallest absolute Gasteiger partial charge is 0.229 e. The first kappa shape index (κ1) is 26.5. The molecule has 10 heteroatoms. The van der Waals surface area contributed by atoms with E-state index in [2.05, 4.69) is 9.88 Å². The maximum absolute atomic E-state index is 13.1. The van der Waals surface area contributed by atoms with Crippen LogP contribution in [0, 0.1) is 6.92 Å². The maximum atomic E-state index is 13.1. The van der Waals surface area contributed by atoms with Crippen molar-refractivity contribution in [3.63, 3.8) is 0 Å². The van der Waals surface area contributed by atoms with Gasteiger partial charge in [-0.1, -0.05) is 35.1 Å². The molecule has 0 saturated carbocycles. The van der Waals surface area contributed by atoms with Gasteiger partial charge in [-0.25, -0.2) is 13.4 Å². The molecule has 174 valence electrons. The van der Waals surface area contributed by atoms with E-state index < -0.39 is 9.84 Å². The van der Waals surface area contributed by atoms with Gasteiger partial charge in [-0.05, 0) is 69.9 Å². The number of para-hydroxylation sites is 1. The number of rotatable bonds is 9. The van der Waals surface area contributed by atoms with Crippen molar-refractivity contribution < 1.29 is 13.2 Å². The van der Waals surface area contributed by atoms with Crippen LogP contribution in [-0.4, -0.2) is 57.1 Å². The largest absolute Gasteiger partial charge is 0.309 e. The Morgan fingerprint density at radius 3 is 2.41 bits per heavy atom. The van der Waals surface area contributed by atoms with E-state index in [4.69, 9.17) is 11.6 Å². The first-order valence-corrected chi connectivity index (χ1v) is 12.8. The van der Waals surface area contributed by atoms with E-state index >= 15 is 0 Å². The van der Waals surface area contributed by atoms with Crippen molar-refractivity contribution >= 4 is 66.4 Å². The number of thiazole rings is 1. The van der Waals surface area contributed by atoms with Crippen molar-refractivity contribution in [3.8, 4) is 0 Å². The van der Waals surface area contributed by atoms with E-state index in [0.29, 0.717) is 16.7 Å². The van der Waals surface area contributed by atoms with Crippen molar-refractivity contribution in [2.75, 3.05) is 37.8 Å². The summed E-state index contributed by atoms with van der Waals surface area (Å²) < 4.78 is 26.3. The second-order valence-corrected chi connectivity index (χ2v) is 11.2. The molecule has 1 aromatic heterocycles. The first-order chi connectivity index (χ1) is 14.7. The summed E-state index contributed by atoms with van der Waals surface area (Å²) in [7, 11) is 0.372. The molecule has 0 aliphatic rings. The Hall–Kier alpha value is -1.71. The maximum Gasteiger partial charge on any atom is 0.229 e. The molecule has 1 amide bonds. The lowest BCUT2D eigenvalue weighted by atomic mass is 10.2. The second kappa shape index (κ2) is 11.4. The Kier molecular flexibility index (Phi) is 9.48. The zero-order chi connectivity index (χ0) is 22.6. The van der Waals surface area contributed by atoms with Gasteiger partial charge >= 0.3 is 0 Å². The number of hydrogen-bond donors (Lipinski definition) is 0. The number of aromatic nitrogens is 1. The number of halogens is 2. The van der Waals surface area contributed by atoms with Crippen molar-refractivity contribution in [1.29, 1.82) is 0 Å². The lowest BCUT2D eigenvalue weighted by Crippen LogP contribution is -2.34. The van der Waals surface area contributed by atoms with Crippen LogP contribution in [0.4, 0.5) is 5.13 Å². The molecule has 0 aliphatic carbocycles. The Morgan fingerprint density at radius 1 is 1.09 bits per heavy atom. The van der Waals surface area contributed by atoms with Crippen LogP contribution in [0.2, 0.25) is 5.02 Å². The average molecular weight is 517 g/mol. The number of carbonyl (C=O) groups excluding carboxylic acids is 1. The fraction of sp³-hybridized carbons (Fsp3) is 0.364. The summed E-state index contributed by atoms with van der Waals surface area (Å²) in [5, 5.41) is 1.07.